The maximum absolute atomic E-state index is 12.6. The van der Waals surface area contributed by atoms with E-state index in [1.807, 2.05) is 41.3 Å². The van der Waals surface area contributed by atoms with Crippen LogP contribution in [0.15, 0.2) is 48.5 Å². The SMILES string of the molecule is COc1ccc(C(=O)N2CCN(Cc3nc4ccccc4s3)CC2)cc1. The first-order valence-electron chi connectivity index (χ1n) is 8.73. The van der Waals surface area contributed by atoms with Crippen molar-refractivity contribution in [2.45, 2.75) is 6.54 Å². The number of methoxy groups -OCH3 is 1. The van der Waals surface area contributed by atoms with Gasteiger partial charge in [-0.25, -0.2) is 4.98 Å². The zero-order valence-electron chi connectivity index (χ0n) is 14.7. The number of carbonyl (C=O) groups is 1. The summed E-state index contributed by atoms with van der Waals surface area (Å²) in [5.74, 6) is 0.856. The van der Waals surface area contributed by atoms with Crippen LogP contribution in [0.5, 0.6) is 5.75 Å². The second-order valence-corrected chi connectivity index (χ2v) is 7.49. The number of thiazole rings is 1. The van der Waals surface area contributed by atoms with Gasteiger partial charge in [0.2, 0.25) is 0 Å². The first-order valence-corrected chi connectivity index (χ1v) is 9.55. The van der Waals surface area contributed by atoms with Crippen molar-refractivity contribution in [3.8, 4) is 5.75 Å². The van der Waals surface area contributed by atoms with E-state index in [9.17, 15) is 4.79 Å². The summed E-state index contributed by atoms with van der Waals surface area (Å²) in [5, 5.41) is 1.14. The lowest BCUT2D eigenvalue weighted by Crippen LogP contribution is -2.48. The number of fused-ring (bicyclic) bond motifs is 1. The van der Waals surface area contributed by atoms with E-state index in [4.69, 9.17) is 9.72 Å². The number of carbonyl (C=O) groups excluding carboxylic acids is 1. The number of benzene rings is 2. The molecule has 5 nitrogen and oxygen atoms in total. The van der Waals surface area contributed by atoms with Crippen LogP contribution in [0, 0.1) is 0 Å². The van der Waals surface area contributed by atoms with E-state index < -0.39 is 0 Å². The Labute approximate surface area is 156 Å². The molecule has 0 aliphatic carbocycles. The molecule has 1 aliphatic rings. The molecule has 3 aromatic rings. The van der Waals surface area contributed by atoms with Gasteiger partial charge in [0.15, 0.2) is 0 Å². The van der Waals surface area contributed by atoms with Crippen LogP contribution in [-0.4, -0.2) is 54.0 Å². The van der Waals surface area contributed by atoms with Gasteiger partial charge in [-0.05, 0) is 36.4 Å². The average Bonchev–Trinajstić information content (AvgIpc) is 3.10. The Balaban J connectivity index is 1.35. The van der Waals surface area contributed by atoms with Gasteiger partial charge < -0.3 is 9.64 Å². The molecule has 1 amide bonds. The third kappa shape index (κ3) is 3.57. The minimum Gasteiger partial charge on any atom is -0.497 e. The van der Waals surface area contributed by atoms with Crippen LogP contribution in [0.25, 0.3) is 10.2 Å². The fourth-order valence-corrected chi connectivity index (χ4v) is 4.21. The summed E-state index contributed by atoms with van der Waals surface area (Å²) in [6.45, 7) is 4.09. The van der Waals surface area contributed by atoms with Crippen molar-refractivity contribution < 1.29 is 9.53 Å². The van der Waals surface area contributed by atoms with Gasteiger partial charge in [0, 0.05) is 31.7 Å². The molecule has 1 aromatic heterocycles. The van der Waals surface area contributed by atoms with E-state index in [1.165, 1.54) is 4.70 Å². The Hall–Kier alpha value is -2.44. The number of nitrogens with zero attached hydrogens (tertiary/aromatic N) is 3. The Morgan fingerprint density at radius 3 is 2.50 bits per heavy atom. The Morgan fingerprint density at radius 2 is 1.81 bits per heavy atom. The molecule has 134 valence electrons. The van der Waals surface area contributed by atoms with Crippen LogP contribution in [0.4, 0.5) is 0 Å². The second kappa shape index (κ2) is 7.43. The topological polar surface area (TPSA) is 45.7 Å². The zero-order valence-corrected chi connectivity index (χ0v) is 15.5. The van der Waals surface area contributed by atoms with Gasteiger partial charge in [0.05, 0.1) is 23.9 Å². The first kappa shape index (κ1) is 17.0. The fraction of sp³-hybridized carbons (Fsp3) is 0.300. The lowest BCUT2D eigenvalue weighted by molar-refractivity contribution is 0.0628. The van der Waals surface area contributed by atoms with Crippen molar-refractivity contribution in [2.24, 2.45) is 0 Å². The molecule has 0 spiro atoms. The average molecular weight is 367 g/mol. The van der Waals surface area contributed by atoms with Crippen molar-refractivity contribution in [3.05, 3.63) is 59.1 Å². The molecule has 2 heterocycles. The third-order valence-corrected chi connectivity index (χ3v) is 5.71. The molecular formula is C20H21N3O2S. The van der Waals surface area contributed by atoms with Crippen LogP contribution < -0.4 is 4.74 Å². The van der Waals surface area contributed by atoms with Gasteiger partial charge >= 0.3 is 0 Å². The van der Waals surface area contributed by atoms with Crippen LogP contribution in [0.3, 0.4) is 0 Å². The molecule has 1 saturated heterocycles. The smallest absolute Gasteiger partial charge is 0.253 e. The van der Waals surface area contributed by atoms with Crippen molar-refractivity contribution in [1.82, 2.24) is 14.8 Å². The molecule has 2 aromatic carbocycles. The molecular weight excluding hydrogens is 346 g/mol. The van der Waals surface area contributed by atoms with Crippen molar-refractivity contribution in [3.63, 3.8) is 0 Å². The van der Waals surface area contributed by atoms with Crippen LogP contribution in [0.1, 0.15) is 15.4 Å². The van der Waals surface area contributed by atoms with Gasteiger partial charge in [0.1, 0.15) is 10.8 Å². The normalized spacial score (nSPS) is 15.3. The standard InChI is InChI=1S/C20H21N3O2S/c1-25-16-8-6-15(7-9-16)20(24)23-12-10-22(11-13-23)14-19-21-17-4-2-3-5-18(17)26-19/h2-9H,10-14H2,1H3. The monoisotopic (exact) mass is 367 g/mol. The largest absolute Gasteiger partial charge is 0.497 e. The molecule has 0 saturated carbocycles. The Bertz CT molecular complexity index is 866. The minimum absolute atomic E-state index is 0.0901. The van der Waals surface area contributed by atoms with E-state index in [-0.39, 0.29) is 5.91 Å². The molecule has 0 unspecified atom stereocenters. The number of ether oxygens (including phenoxy) is 1. The van der Waals surface area contributed by atoms with E-state index in [0.29, 0.717) is 5.56 Å². The number of para-hydroxylation sites is 1. The highest BCUT2D eigenvalue weighted by Crippen LogP contribution is 2.23. The summed E-state index contributed by atoms with van der Waals surface area (Å²) >= 11 is 1.75. The molecule has 0 bridgehead atoms. The minimum atomic E-state index is 0.0901. The molecule has 4 rings (SSSR count). The van der Waals surface area contributed by atoms with Crippen molar-refractivity contribution in [1.29, 1.82) is 0 Å². The third-order valence-electron chi connectivity index (χ3n) is 4.69. The highest BCUT2D eigenvalue weighted by molar-refractivity contribution is 7.18. The van der Waals surface area contributed by atoms with Crippen LogP contribution in [-0.2, 0) is 6.54 Å². The lowest BCUT2D eigenvalue weighted by atomic mass is 10.1. The predicted octanol–water partition coefficient (Wildman–Crippen LogP) is 3.26. The molecule has 0 radical (unpaired) electrons. The summed E-state index contributed by atoms with van der Waals surface area (Å²) in [7, 11) is 1.63. The van der Waals surface area contributed by atoms with Gasteiger partial charge in [-0.3, -0.25) is 9.69 Å². The highest BCUT2D eigenvalue weighted by atomic mass is 32.1. The fourth-order valence-electron chi connectivity index (χ4n) is 3.20. The van der Waals surface area contributed by atoms with Gasteiger partial charge in [-0.1, -0.05) is 12.1 Å². The summed E-state index contributed by atoms with van der Waals surface area (Å²) in [4.78, 5) is 21.6. The number of rotatable bonds is 4. The van der Waals surface area contributed by atoms with Crippen LogP contribution in [0.2, 0.25) is 0 Å². The molecule has 0 atom stereocenters. The zero-order chi connectivity index (χ0) is 17.9. The molecule has 1 fully saturated rings. The summed E-state index contributed by atoms with van der Waals surface area (Å²) in [6, 6.07) is 15.6. The van der Waals surface area contributed by atoms with E-state index >= 15 is 0 Å². The lowest BCUT2D eigenvalue weighted by Gasteiger charge is -2.34. The summed E-state index contributed by atoms with van der Waals surface area (Å²) < 4.78 is 6.38. The maximum atomic E-state index is 12.6. The van der Waals surface area contributed by atoms with Crippen LogP contribution >= 0.6 is 11.3 Å². The quantitative estimate of drug-likeness (QED) is 0.710. The highest BCUT2D eigenvalue weighted by Gasteiger charge is 2.22. The van der Waals surface area contributed by atoms with Crippen molar-refractivity contribution >= 4 is 27.5 Å². The maximum Gasteiger partial charge on any atom is 0.253 e. The molecule has 26 heavy (non-hydrogen) atoms. The van der Waals surface area contributed by atoms with E-state index in [0.717, 1.165) is 49.0 Å². The molecule has 1 aliphatic heterocycles. The first-order chi connectivity index (χ1) is 12.7. The number of hydrogen-bond acceptors (Lipinski definition) is 5. The number of aromatic nitrogens is 1. The number of hydrogen-bond donors (Lipinski definition) is 0. The van der Waals surface area contributed by atoms with E-state index in [1.54, 1.807) is 18.4 Å². The number of amides is 1. The summed E-state index contributed by atoms with van der Waals surface area (Å²) in [6.07, 6.45) is 0. The number of piperazine rings is 1. The van der Waals surface area contributed by atoms with E-state index in [2.05, 4.69) is 17.0 Å². The summed E-state index contributed by atoms with van der Waals surface area (Å²) in [5.41, 5.74) is 1.78. The second-order valence-electron chi connectivity index (χ2n) is 6.37. The molecule has 0 N–H and O–H groups in total. The van der Waals surface area contributed by atoms with Gasteiger partial charge in [-0.2, -0.15) is 0 Å². The Morgan fingerprint density at radius 1 is 1.08 bits per heavy atom. The van der Waals surface area contributed by atoms with Crippen molar-refractivity contribution in [2.75, 3.05) is 33.3 Å². The molecule has 6 heteroatoms. The predicted molar refractivity (Wildman–Crippen MR) is 104 cm³/mol. The van der Waals surface area contributed by atoms with Gasteiger partial charge in [-0.15, -0.1) is 11.3 Å². The van der Waals surface area contributed by atoms with Gasteiger partial charge in [0.25, 0.3) is 5.91 Å². The Kier molecular flexibility index (Phi) is 4.86.